The maximum absolute atomic E-state index is 4.58. The summed E-state index contributed by atoms with van der Waals surface area (Å²) < 4.78 is 4.20. The van der Waals surface area contributed by atoms with E-state index < -0.39 is 0 Å². The molecule has 0 aliphatic carbocycles. The van der Waals surface area contributed by atoms with Crippen molar-refractivity contribution in [3.8, 4) is 0 Å². The highest BCUT2D eigenvalue weighted by Gasteiger charge is 2.09. The Morgan fingerprint density at radius 3 is 2.62 bits per heavy atom. The van der Waals surface area contributed by atoms with Crippen LogP contribution < -0.4 is 12.4 Å². The Hall–Kier alpha value is -1.48. The van der Waals surface area contributed by atoms with Gasteiger partial charge in [-0.3, -0.25) is 0 Å². The lowest BCUT2D eigenvalue weighted by atomic mass is 10.3. The smallest absolute Gasteiger partial charge is 1.00 e. The van der Waals surface area contributed by atoms with Crippen molar-refractivity contribution in [1.82, 2.24) is 14.2 Å². The molecule has 0 bridgehead atoms. The molecule has 3 rings (SSSR count). The third-order valence-corrected chi connectivity index (χ3v) is 2.92. The highest BCUT2D eigenvalue weighted by atomic mass is 35.5. The lowest BCUT2D eigenvalue weighted by Gasteiger charge is -1.93. The van der Waals surface area contributed by atoms with E-state index in [1.165, 1.54) is 11.0 Å². The van der Waals surface area contributed by atoms with Gasteiger partial charge in [0, 0.05) is 13.1 Å². The molecule has 0 atom stereocenters. The fraction of sp³-hybridized carbons (Fsp3) is 0.250. The normalized spacial score (nSPS) is 10.9. The van der Waals surface area contributed by atoms with Crippen LogP contribution in [0.1, 0.15) is 14.0 Å². The first-order valence-electron chi connectivity index (χ1n) is 5.23. The Morgan fingerprint density at radius 1 is 1.25 bits per heavy atom. The monoisotopic (exact) mass is 235 g/mol. The van der Waals surface area contributed by atoms with Gasteiger partial charge in [0.25, 0.3) is 0 Å². The molecule has 3 nitrogen and oxygen atoms in total. The van der Waals surface area contributed by atoms with Gasteiger partial charge in [-0.05, 0) is 18.6 Å². The van der Waals surface area contributed by atoms with Gasteiger partial charge in [0.2, 0.25) is 0 Å². The zero-order chi connectivity index (χ0) is 10.4. The second-order valence-corrected chi connectivity index (χ2v) is 3.81. The molecular weight excluding hydrogens is 222 g/mol. The Morgan fingerprint density at radius 2 is 1.94 bits per heavy atom. The Kier molecular flexibility index (Phi) is 2.64. The summed E-state index contributed by atoms with van der Waals surface area (Å²) >= 11 is 0. The number of hydrogen-bond acceptors (Lipinski definition) is 1. The summed E-state index contributed by atoms with van der Waals surface area (Å²) in [5.41, 5.74) is 4.71. The molecule has 84 valence electrons. The molecule has 16 heavy (non-hydrogen) atoms. The lowest BCUT2D eigenvalue weighted by molar-refractivity contribution is -0.00000318. The molecule has 3 aromatic rings. The molecule has 0 radical (unpaired) electrons. The minimum atomic E-state index is 0. The first-order chi connectivity index (χ1) is 7.31. The van der Waals surface area contributed by atoms with Crippen molar-refractivity contribution in [1.29, 1.82) is 0 Å². The Labute approximate surface area is 102 Å². The van der Waals surface area contributed by atoms with Crippen LogP contribution in [-0.4, -0.2) is 14.2 Å². The topological polar surface area (TPSA) is 22.2 Å². The molecule has 0 saturated heterocycles. The van der Waals surface area contributed by atoms with Crippen LogP contribution in [-0.2, 0) is 13.5 Å². The van der Waals surface area contributed by atoms with E-state index in [9.17, 15) is 0 Å². The van der Waals surface area contributed by atoms with Crippen molar-refractivity contribution in [3.05, 3.63) is 36.0 Å². The second-order valence-electron chi connectivity index (χ2n) is 3.81. The molecule has 2 aromatic heterocycles. The molecule has 0 spiro atoms. The molecule has 2 heterocycles. The number of nitrogens with zero attached hydrogens (tertiary/aromatic N) is 3. The van der Waals surface area contributed by atoms with Crippen LogP contribution in [0.4, 0.5) is 0 Å². The lowest BCUT2D eigenvalue weighted by Crippen LogP contribution is -3.00. The summed E-state index contributed by atoms with van der Waals surface area (Å²) in [4.78, 5) is 0. The van der Waals surface area contributed by atoms with Gasteiger partial charge in [0.15, 0.2) is 0 Å². The number of hydrogen-bond donors (Lipinski definition) is 0. The molecule has 1 aromatic carbocycles. The number of fused-ring (bicyclic) bond motifs is 3. The van der Waals surface area contributed by atoms with E-state index in [2.05, 4.69) is 54.0 Å². The average molecular weight is 236 g/mol. The average Bonchev–Trinajstić information content (AvgIpc) is 2.80. The quantitative estimate of drug-likeness (QED) is 0.558. The van der Waals surface area contributed by atoms with E-state index in [1.807, 2.05) is 4.52 Å². The molecule has 0 aliphatic rings. The van der Waals surface area contributed by atoms with E-state index in [4.69, 9.17) is 0 Å². The molecule has 0 aliphatic heterocycles. The summed E-state index contributed by atoms with van der Waals surface area (Å²) in [6.45, 7) is 2.13. The molecule has 0 N–H and O–H groups in total. The summed E-state index contributed by atoms with van der Waals surface area (Å²) in [5, 5.41) is 4.58. The Bertz CT molecular complexity index is 642. The van der Waals surface area contributed by atoms with Gasteiger partial charge in [-0.25, -0.2) is 4.52 Å². The summed E-state index contributed by atoms with van der Waals surface area (Å²) in [6.07, 6.45) is 0.982. The predicted molar refractivity (Wildman–Crippen MR) is 62.2 cm³/mol. The first-order valence-corrected chi connectivity index (χ1v) is 5.23. The van der Waals surface area contributed by atoms with E-state index in [-0.39, 0.29) is 13.8 Å². The van der Waals surface area contributed by atoms with Crippen molar-refractivity contribution >= 4 is 16.7 Å². The van der Waals surface area contributed by atoms with Gasteiger partial charge < -0.3 is 17.0 Å². The largest absolute Gasteiger partial charge is 1.00 e. The van der Waals surface area contributed by atoms with Crippen molar-refractivity contribution in [3.63, 3.8) is 0 Å². The van der Waals surface area contributed by atoms with Gasteiger partial charge in [0.05, 0.1) is 16.7 Å². The van der Waals surface area contributed by atoms with E-state index in [1.54, 1.807) is 0 Å². The van der Waals surface area contributed by atoms with Gasteiger partial charge >= 0.3 is 1.43 Å². The summed E-state index contributed by atoms with van der Waals surface area (Å²) in [6, 6.07) is 10.5. The number of aryl methyl sites for hydroxylation is 2. The van der Waals surface area contributed by atoms with Gasteiger partial charge in [-0.15, -0.1) is 0 Å². The van der Waals surface area contributed by atoms with E-state index in [0.29, 0.717) is 0 Å². The number of halogens is 1. The minimum absolute atomic E-state index is 0. The van der Waals surface area contributed by atoms with Gasteiger partial charge in [0.1, 0.15) is 5.65 Å². The maximum atomic E-state index is 4.58. The van der Waals surface area contributed by atoms with Crippen LogP contribution in [0.25, 0.3) is 16.7 Å². The van der Waals surface area contributed by atoms with Crippen LogP contribution in [0, 0.1) is 0 Å². The summed E-state index contributed by atoms with van der Waals surface area (Å²) in [7, 11) is 2.08. The van der Waals surface area contributed by atoms with Crippen LogP contribution in [0.2, 0.25) is 0 Å². The highest BCUT2D eigenvalue weighted by molar-refractivity contribution is 5.81. The standard InChI is InChI=1S/C12H13N3.ClH/c1-3-9-8-12-14(2)10-6-4-5-7-11(10)15(12)13-9;/h4-8H,3H2,1-2H3;1H. The van der Waals surface area contributed by atoms with Crippen LogP contribution >= 0.6 is 0 Å². The molecule has 0 amide bonds. The SMILES string of the molecule is CCc1cc2n(C)c3ccccc3n2n1.[Cl-].[H+]. The fourth-order valence-electron chi connectivity index (χ4n) is 2.06. The maximum Gasteiger partial charge on any atom is 1.00 e. The third kappa shape index (κ3) is 1.32. The molecule has 0 saturated carbocycles. The van der Waals surface area contributed by atoms with Crippen molar-refractivity contribution in [2.24, 2.45) is 7.05 Å². The minimum Gasteiger partial charge on any atom is -1.00 e. The number of para-hydroxylation sites is 2. The second kappa shape index (κ2) is 3.83. The number of imidazole rings is 1. The molecule has 0 fully saturated rings. The first kappa shape index (κ1) is 11.0. The number of rotatable bonds is 1. The van der Waals surface area contributed by atoms with E-state index in [0.717, 1.165) is 17.8 Å². The van der Waals surface area contributed by atoms with Gasteiger partial charge in [-0.1, -0.05) is 19.1 Å². The fourth-order valence-corrected chi connectivity index (χ4v) is 2.06. The van der Waals surface area contributed by atoms with Gasteiger partial charge in [-0.2, -0.15) is 5.10 Å². The van der Waals surface area contributed by atoms with E-state index >= 15 is 0 Å². The third-order valence-electron chi connectivity index (χ3n) is 2.92. The van der Waals surface area contributed by atoms with Crippen molar-refractivity contribution < 1.29 is 13.8 Å². The zero-order valence-electron chi connectivity index (χ0n) is 10.3. The van der Waals surface area contributed by atoms with Crippen LogP contribution in [0.15, 0.2) is 30.3 Å². The van der Waals surface area contributed by atoms with Crippen LogP contribution in [0.3, 0.4) is 0 Å². The van der Waals surface area contributed by atoms with Crippen molar-refractivity contribution in [2.75, 3.05) is 0 Å². The van der Waals surface area contributed by atoms with Crippen molar-refractivity contribution in [2.45, 2.75) is 13.3 Å². The number of aromatic nitrogens is 3. The Balaban J connectivity index is 0.000000722. The zero-order valence-corrected chi connectivity index (χ0v) is 10.1. The predicted octanol–water partition coefficient (Wildman–Crippen LogP) is -0.495. The molecular formula is C12H14ClN3. The molecule has 0 unspecified atom stereocenters. The highest BCUT2D eigenvalue weighted by Crippen LogP contribution is 2.19. The summed E-state index contributed by atoms with van der Waals surface area (Å²) in [5.74, 6) is 0. The van der Waals surface area contributed by atoms with Crippen LogP contribution in [0.5, 0.6) is 0 Å². The molecule has 4 heteroatoms. The number of benzene rings is 1.